The second-order valence-electron chi connectivity index (χ2n) is 5.70. The number of hydrogen-bond donors (Lipinski definition) is 1. The van der Waals surface area contributed by atoms with Gasteiger partial charge in [-0.25, -0.2) is 4.99 Å². The Bertz CT molecular complexity index is 937. The SMILES string of the molecule is Cc1ccc2[nH]cc(/C=N/c3sc4c(c3C#N)CCC4)c2c1. The van der Waals surface area contributed by atoms with E-state index < -0.39 is 0 Å². The van der Waals surface area contributed by atoms with Crippen LogP contribution in [0.4, 0.5) is 5.00 Å². The highest BCUT2D eigenvalue weighted by Crippen LogP contribution is 2.40. The second-order valence-corrected chi connectivity index (χ2v) is 6.78. The van der Waals surface area contributed by atoms with Crippen LogP contribution in [0.1, 0.15) is 33.6 Å². The van der Waals surface area contributed by atoms with Gasteiger partial charge in [0, 0.05) is 33.8 Å². The molecule has 0 spiro atoms. The molecule has 0 aliphatic heterocycles. The Morgan fingerprint density at radius 1 is 1.36 bits per heavy atom. The molecule has 3 aromatic rings. The van der Waals surface area contributed by atoms with E-state index in [1.54, 1.807) is 11.3 Å². The van der Waals surface area contributed by atoms with Crippen molar-refractivity contribution in [1.82, 2.24) is 4.98 Å². The standard InChI is InChI=1S/C18H15N3S/c1-11-5-6-16-14(7-11)12(9-20-16)10-21-18-15(8-19)13-3-2-4-17(13)22-18/h5-7,9-10,20H,2-4H2,1H3/b21-10+. The van der Waals surface area contributed by atoms with Crippen molar-refractivity contribution in [3.8, 4) is 6.07 Å². The average Bonchev–Trinajstić information content (AvgIpc) is 3.18. The summed E-state index contributed by atoms with van der Waals surface area (Å²) < 4.78 is 0. The summed E-state index contributed by atoms with van der Waals surface area (Å²) in [7, 11) is 0. The fourth-order valence-electron chi connectivity index (χ4n) is 3.09. The van der Waals surface area contributed by atoms with E-state index in [9.17, 15) is 5.26 Å². The topological polar surface area (TPSA) is 51.9 Å². The number of aryl methyl sites for hydroxylation is 2. The number of rotatable bonds is 2. The van der Waals surface area contributed by atoms with Gasteiger partial charge in [-0.1, -0.05) is 11.6 Å². The molecule has 4 heteroatoms. The van der Waals surface area contributed by atoms with E-state index in [1.807, 2.05) is 12.4 Å². The molecule has 1 aliphatic carbocycles. The number of nitrogens with one attached hydrogen (secondary N) is 1. The van der Waals surface area contributed by atoms with Crippen molar-refractivity contribution in [1.29, 1.82) is 5.26 Å². The molecule has 0 amide bonds. The highest BCUT2D eigenvalue weighted by atomic mass is 32.1. The van der Waals surface area contributed by atoms with Crippen molar-refractivity contribution in [3.63, 3.8) is 0 Å². The molecule has 108 valence electrons. The summed E-state index contributed by atoms with van der Waals surface area (Å²) in [4.78, 5) is 9.23. The van der Waals surface area contributed by atoms with Crippen LogP contribution in [0.25, 0.3) is 10.9 Å². The lowest BCUT2D eigenvalue weighted by molar-refractivity contribution is 0.913. The normalized spacial score (nSPS) is 13.8. The minimum Gasteiger partial charge on any atom is -0.361 e. The molecule has 2 aromatic heterocycles. The molecule has 0 radical (unpaired) electrons. The lowest BCUT2D eigenvalue weighted by Gasteiger charge is -1.95. The Labute approximate surface area is 132 Å². The van der Waals surface area contributed by atoms with Crippen molar-refractivity contribution in [3.05, 3.63) is 51.5 Å². The minimum atomic E-state index is 0.782. The first-order valence-electron chi connectivity index (χ1n) is 7.42. The van der Waals surface area contributed by atoms with Gasteiger partial charge in [-0.3, -0.25) is 0 Å². The number of hydrogen-bond acceptors (Lipinski definition) is 3. The fraction of sp³-hybridized carbons (Fsp3) is 0.222. The van der Waals surface area contributed by atoms with Crippen LogP contribution in [0.5, 0.6) is 0 Å². The number of benzene rings is 1. The number of aromatic nitrogens is 1. The molecule has 0 saturated carbocycles. The molecule has 2 heterocycles. The summed E-state index contributed by atoms with van der Waals surface area (Å²) in [6.45, 7) is 2.09. The van der Waals surface area contributed by atoms with E-state index in [0.29, 0.717) is 0 Å². The Hall–Kier alpha value is -2.38. The molecule has 0 atom stereocenters. The van der Waals surface area contributed by atoms with Crippen LogP contribution >= 0.6 is 11.3 Å². The number of aromatic amines is 1. The molecule has 1 N–H and O–H groups in total. The van der Waals surface area contributed by atoms with E-state index >= 15 is 0 Å². The zero-order valence-corrected chi connectivity index (χ0v) is 13.1. The van der Waals surface area contributed by atoms with E-state index in [-0.39, 0.29) is 0 Å². The number of aliphatic imine (C=N–C) groups is 1. The molecule has 0 saturated heterocycles. The maximum Gasteiger partial charge on any atom is 0.134 e. The van der Waals surface area contributed by atoms with Gasteiger partial charge in [0.2, 0.25) is 0 Å². The van der Waals surface area contributed by atoms with Crippen molar-refractivity contribution < 1.29 is 0 Å². The van der Waals surface area contributed by atoms with Crippen molar-refractivity contribution in [2.45, 2.75) is 26.2 Å². The first-order valence-corrected chi connectivity index (χ1v) is 8.24. The third-order valence-electron chi connectivity index (χ3n) is 4.20. The quantitative estimate of drug-likeness (QED) is 0.688. The number of thiophene rings is 1. The first kappa shape index (κ1) is 13.3. The smallest absolute Gasteiger partial charge is 0.134 e. The molecule has 0 bridgehead atoms. The molecule has 1 aromatic carbocycles. The van der Waals surface area contributed by atoms with Gasteiger partial charge in [-0.2, -0.15) is 5.26 Å². The summed E-state index contributed by atoms with van der Waals surface area (Å²) >= 11 is 1.67. The van der Waals surface area contributed by atoms with Gasteiger partial charge in [0.05, 0.1) is 5.56 Å². The van der Waals surface area contributed by atoms with Crippen LogP contribution in [-0.2, 0) is 12.8 Å². The van der Waals surface area contributed by atoms with Gasteiger partial charge in [0.15, 0.2) is 0 Å². The zero-order valence-electron chi connectivity index (χ0n) is 12.3. The molecule has 1 aliphatic rings. The average molecular weight is 305 g/mol. The van der Waals surface area contributed by atoms with E-state index in [0.717, 1.165) is 34.5 Å². The monoisotopic (exact) mass is 305 g/mol. The molecular weight excluding hydrogens is 290 g/mol. The van der Waals surface area contributed by atoms with Crippen molar-refractivity contribution in [2.75, 3.05) is 0 Å². The summed E-state index contributed by atoms with van der Waals surface area (Å²) in [6.07, 6.45) is 7.13. The number of fused-ring (bicyclic) bond motifs is 2. The van der Waals surface area contributed by atoms with Gasteiger partial charge in [-0.05, 0) is 43.9 Å². The summed E-state index contributed by atoms with van der Waals surface area (Å²) in [5.41, 5.74) is 5.42. The van der Waals surface area contributed by atoms with Crippen molar-refractivity contribution in [2.24, 2.45) is 4.99 Å². The molecular formula is C18H15N3S. The highest BCUT2D eigenvalue weighted by molar-refractivity contribution is 7.16. The molecule has 0 unspecified atom stereocenters. The van der Waals surface area contributed by atoms with Gasteiger partial charge in [-0.15, -0.1) is 11.3 Å². The van der Waals surface area contributed by atoms with Gasteiger partial charge in [0.1, 0.15) is 11.1 Å². The minimum absolute atomic E-state index is 0.782. The predicted molar refractivity (Wildman–Crippen MR) is 91.3 cm³/mol. The van der Waals surface area contributed by atoms with E-state index in [1.165, 1.54) is 27.8 Å². The van der Waals surface area contributed by atoms with Crippen LogP contribution in [0.2, 0.25) is 0 Å². The van der Waals surface area contributed by atoms with E-state index in [2.05, 4.69) is 41.2 Å². The Balaban J connectivity index is 1.75. The summed E-state index contributed by atoms with van der Waals surface area (Å²) in [6, 6.07) is 8.68. The van der Waals surface area contributed by atoms with Crippen LogP contribution in [-0.4, -0.2) is 11.2 Å². The van der Waals surface area contributed by atoms with Crippen LogP contribution in [0.15, 0.2) is 29.4 Å². The third kappa shape index (κ3) is 2.06. The van der Waals surface area contributed by atoms with Gasteiger partial charge < -0.3 is 4.98 Å². The lowest BCUT2D eigenvalue weighted by atomic mass is 10.1. The summed E-state index contributed by atoms with van der Waals surface area (Å²) in [5.74, 6) is 0. The Morgan fingerprint density at radius 2 is 2.27 bits per heavy atom. The Kier molecular flexibility index (Phi) is 3.09. The largest absolute Gasteiger partial charge is 0.361 e. The predicted octanol–water partition coefficient (Wildman–Crippen LogP) is 4.65. The number of nitrogens with zero attached hydrogens (tertiary/aromatic N) is 2. The Morgan fingerprint density at radius 3 is 3.14 bits per heavy atom. The number of nitriles is 1. The molecule has 0 fully saturated rings. The zero-order chi connectivity index (χ0) is 15.1. The molecule has 3 nitrogen and oxygen atoms in total. The number of H-pyrrole nitrogens is 1. The van der Waals surface area contributed by atoms with Gasteiger partial charge >= 0.3 is 0 Å². The maximum absolute atomic E-state index is 9.41. The summed E-state index contributed by atoms with van der Waals surface area (Å²) in [5, 5.41) is 11.4. The van der Waals surface area contributed by atoms with Crippen LogP contribution in [0.3, 0.4) is 0 Å². The fourth-order valence-corrected chi connectivity index (χ4v) is 4.27. The van der Waals surface area contributed by atoms with Crippen LogP contribution < -0.4 is 0 Å². The lowest BCUT2D eigenvalue weighted by Crippen LogP contribution is -1.81. The highest BCUT2D eigenvalue weighted by Gasteiger charge is 2.21. The third-order valence-corrected chi connectivity index (χ3v) is 5.40. The van der Waals surface area contributed by atoms with Crippen LogP contribution in [0, 0.1) is 18.3 Å². The van der Waals surface area contributed by atoms with Crippen molar-refractivity contribution >= 4 is 33.5 Å². The molecule has 4 rings (SSSR count). The molecule has 22 heavy (non-hydrogen) atoms. The first-order chi connectivity index (χ1) is 10.8. The van der Waals surface area contributed by atoms with E-state index in [4.69, 9.17) is 0 Å². The second kappa shape index (κ2) is 5.11. The maximum atomic E-state index is 9.41. The van der Waals surface area contributed by atoms with Gasteiger partial charge in [0.25, 0.3) is 0 Å².